The Morgan fingerprint density at radius 2 is 1.50 bits per heavy atom. The van der Waals surface area contributed by atoms with Crippen molar-refractivity contribution >= 4 is 25.0 Å². The molecule has 1 N–H and O–H groups in total. The van der Waals surface area contributed by atoms with Crippen molar-refractivity contribution in [2.75, 3.05) is 13.2 Å². The molecule has 1 saturated heterocycles. The van der Waals surface area contributed by atoms with E-state index in [1.807, 2.05) is 62.4 Å². The van der Waals surface area contributed by atoms with Crippen LogP contribution in [0.3, 0.4) is 0 Å². The molecule has 28 heavy (non-hydrogen) atoms. The molecule has 2 aromatic carbocycles. The van der Waals surface area contributed by atoms with Crippen LogP contribution in [0.15, 0.2) is 48.5 Å². The number of thiocarbonyl (C=S) groups is 1. The van der Waals surface area contributed by atoms with Crippen molar-refractivity contribution in [3.8, 4) is 0 Å². The minimum absolute atomic E-state index is 0.172. The van der Waals surface area contributed by atoms with Crippen molar-refractivity contribution < 1.29 is 18.3 Å². The van der Waals surface area contributed by atoms with Crippen molar-refractivity contribution in [1.29, 1.82) is 0 Å². The van der Waals surface area contributed by atoms with E-state index in [9.17, 15) is 4.57 Å². The fourth-order valence-electron chi connectivity index (χ4n) is 3.48. The molecule has 0 aromatic heterocycles. The first kappa shape index (κ1) is 21.0. The second kappa shape index (κ2) is 8.34. The summed E-state index contributed by atoms with van der Waals surface area (Å²) in [7, 11) is -3.73. The van der Waals surface area contributed by atoms with Crippen LogP contribution in [-0.4, -0.2) is 18.4 Å². The molecular weight excluding hydrogens is 393 g/mol. The first-order chi connectivity index (χ1) is 13.4. The molecular formula is C21H26NO4PS. The molecule has 0 saturated carbocycles. The molecule has 0 radical (unpaired) electrons. The molecule has 7 heteroatoms. The SMILES string of the molecule is CCOP(=O)(OCC)[C@@]1(c2ccc(C)cc2)NC(=S)O[C@@H]1c1ccc(C)cc1. The van der Waals surface area contributed by atoms with Crippen molar-refractivity contribution in [2.45, 2.75) is 39.1 Å². The van der Waals surface area contributed by atoms with Gasteiger partial charge in [-0.15, -0.1) is 0 Å². The predicted molar refractivity (Wildman–Crippen MR) is 114 cm³/mol. The van der Waals surface area contributed by atoms with E-state index in [2.05, 4.69) is 5.32 Å². The maximum Gasteiger partial charge on any atom is 0.364 e. The second-order valence-corrected chi connectivity index (χ2v) is 9.37. The normalized spacial score (nSPS) is 22.0. The van der Waals surface area contributed by atoms with Crippen LogP contribution in [0.4, 0.5) is 0 Å². The first-order valence-electron chi connectivity index (χ1n) is 9.38. The Kier molecular flexibility index (Phi) is 6.25. The number of nitrogens with one attached hydrogen (secondary N) is 1. The fourth-order valence-corrected chi connectivity index (χ4v) is 6.16. The number of rotatable bonds is 7. The summed E-state index contributed by atoms with van der Waals surface area (Å²) in [5, 5.41) is 2.07. The maximum absolute atomic E-state index is 14.2. The van der Waals surface area contributed by atoms with Crippen LogP contribution in [0.25, 0.3) is 0 Å². The molecule has 1 aliphatic rings. The van der Waals surface area contributed by atoms with Crippen LogP contribution in [0.2, 0.25) is 0 Å². The van der Waals surface area contributed by atoms with Gasteiger partial charge in [-0.05, 0) is 51.0 Å². The number of hydrogen-bond donors (Lipinski definition) is 1. The highest BCUT2D eigenvalue weighted by Gasteiger charge is 2.63. The molecule has 0 bridgehead atoms. The third kappa shape index (κ3) is 3.62. The molecule has 0 aliphatic carbocycles. The lowest BCUT2D eigenvalue weighted by atomic mass is 9.94. The van der Waals surface area contributed by atoms with Gasteiger partial charge in [0.2, 0.25) is 5.28 Å². The van der Waals surface area contributed by atoms with Gasteiger partial charge in [-0.2, -0.15) is 0 Å². The molecule has 1 fully saturated rings. The predicted octanol–water partition coefficient (Wildman–Crippen LogP) is 5.37. The van der Waals surface area contributed by atoms with E-state index in [0.29, 0.717) is 0 Å². The smallest absolute Gasteiger partial charge is 0.364 e. The third-order valence-electron chi connectivity index (χ3n) is 4.80. The van der Waals surface area contributed by atoms with Gasteiger partial charge in [0.15, 0.2) is 6.10 Å². The topological polar surface area (TPSA) is 56.8 Å². The van der Waals surface area contributed by atoms with E-state index in [-0.39, 0.29) is 18.4 Å². The lowest BCUT2D eigenvalue weighted by molar-refractivity contribution is 0.136. The average Bonchev–Trinajstić information content (AvgIpc) is 3.02. The zero-order valence-electron chi connectivity index (χ0n) is 16.6. The van der Waals surface area contributed by atoms with E-state index in [1.165, 1.54) is 0 Å². The van der Waals surface area contributed by atoms with Gasteiger partial charge in [-0.3, -0.25) is 4.57 Å². The van der Waals surface area contributed by atoms with Gasteiger partial charge in [-0.25, -0.2) is 0 Å². The van der Waals surface area contributed by atoms with Crippen LogP contribution in [0, 0.1) is 13.8 Å². The standard InChI is InChI=1S/C21H26NO4PS/c1-5-24-27(23,25-6-2)21(18-13-9-16(4)10-14-18)19(26-20(28)22-21)17-11-7-15(3)8-12-17/h7-14,19H,5-6H2,1-4H3,(H,22,28)/t19-,21-/m1/s1. The lowest BCUT2D eigenvalue weighted by Crippen LogP contribution is -2.43. The third-order valence-corrected chi connectivity index (χ3v) is 7.66. The molecule has 2 atom stereocenters. The molecule has 0 unspecified atom stereocenters. The van der Waals surface area contributed by atoms with Crippen LogP contribution in [0.1, 0.15) is 42.2 Å². The van der Waals surface area contributed by atoms with E-state index < -0.39 is 19.0 Å². The molecule has 0 spiro atoms. The van der Waals surface area contributed by atoms with Gasteiger partial charge in [0.1, 0.15) is 0 Å². The van der Waals surface area contributed by atoms with Gasteiger partial charge in [0.25, 0.3) is 5.17 Å². The highest BCUT2D eigenvalue weighted by atomic mass is 32.1. The average molecular weight is 419 g/mol. The van der Waals surface area contributed by atoms with E-state index in [4.69, 9.17) is 26.0 Å². The van der Waals surface area contributed by atoms with Crippen molar-refractivity contribution in [3.05, 3.63) is 70.8 Å². The summed E-state index contributed by atoms with van der Waals surface area (Å²) in [5.41, 5.74) is 3.80. The Bertz CT molecular complexity index is 874. The Morgan fingerprint density at radius 1 is 1.00 bits per heavy atom. The second-order valence-electron chi connectivity index (χ2n) is 6.79. The monoisotopic (exact) mass is 419 g/mol. The quantitative estimate of drug-likeness (QED) is 0.481. The molecule has 5 nitrogen and oxygen atoms in total. The van der Waals surface area contributed by atoms with Crippen LogP contribution < -0.4 is 5.32 Å². The summed E-state index contributed by atoms with van der Waals surface area (Å²) in [6.45, 7) is 8.08. The highest BCUT2D eigenvalue weighted by molar-refractivity contribution is 7.80. The highest BCUT2D eigenvalue weighted by Crippen LogP contribution is 2.70. The summed E-state index contributed by atoms with van der Waals surface area (Å²) in [6, 6.07) is 15.7. The van der Waals surface area contributed by atoms with Gasteiger partial charge < -0.3 is 19.1 Å². The summed E-state index contributed by atoms with van der Waals surface area (Å²) >= 11 is 5.37. The minimum Gasteiger partial charge on any atom is -0.459 e. The van der Waals surface area contributed by atoms with E-state index in [1.54, 1.807) is 13.8 Å². The zero-order chi connectivity index (χ0) is 20.4. The Morgan fingerprint density at radius 3 is 2.00 bits per heavy atom. The van der Waals surface area contributed by atoms with E-state index in [0.717, 1.165) is 22.3 Å². The summed E-state index contributed by atoms with van der Waals surface area (Å²) < 4.78 is 31.8. The lowest BCUT2D eigenvalue weighted by Gasteiger charge is -2.38. The summed E-state index contributed by atoms with van der Waals surface area (Å²) in [6.07, 6.45) is -0.660. The summed E-state index contributed by atoms with van der Waals surface area (Å²) in [5.74, 6) is 0. The molecule has 1 heterocycles. The van der Waals surface area contributed by atoms with Crippen molar-refractivity contribution in [3.63, 3.8) is 0 Å². The number of aryl methyl sites for hydroxylation is 2. The zero-order valence-corrected chi connectivity index (χ0v) is 18.3. The van der Waals surface area contributed by atoms with Crippen LogP contribution >= 0.6 is 19.8 Å². The summed E-state index contributed by atoms with van der Waals surface area (Å²) in [4.78, 5) is 0. The van der Waals surface area contributed by atoms with Gasteiger partial charge in [0.05, 0.1) is 13.2 Å². The minimum atomic E-state index is -3.73. The molecule has 3 rings (SSSR count). The fraction of sp³-hybridized carbons (Fsp3) is 0.381. The molecule has 1 aliphatic heterocycles. The van der Waals surface area contributed by atoms with Crippen LogP contribution in [0.5, 0.6) is 0 Å². The Hall–Kier alpha value is -1.72. The van der Waals surface area contributed by atoms with Gasteiger partial charge in [0, 0.05) is 0 Å². The van der Waals surface area contributed by atoms with Crippen molar-refractivity contribution in [2.24, 2.45) is 0 Å². The number of hydrogen-bond acceptors (Lipinski definition) is 5. The number of ether oxygens (including phenoxy) is 1. The first-order valence-corrected chi connectivity index (χ1v) is 11.3. The van der Waals surface area contributed by atoms with E-state index >= 15 is 0 Å². The largest absolute Gasteiger partial charge is 0.459 e. The van der Waals surface area contributed by atoms with Gasteiger partial charge >= 0.3 is 7.60 Å². The Balaban J connectivity index is 2.27. The maximum atomic E-state index is 14.2. The van der Waals surface area contributed by atoms with Gasteiger partial charge in [-0.1, -0.05) is 59.7 Å². The molecule has 2 aromatic rings. The molecule has 150 valence electrons. The number of benzene rings is 2. The Labute approximate surface area is 171 Å². The van der Waals surface area contributed by atoms with Crippen LogP contribution in [-0.2, 0) is 23.6 Å². The molecule has 0 amide bonds. The van der Waals surface area contributed by atoms with Crippen molar-refractivity contribution in [1.82, 2.24) is 5.32 Å².